The Bertz CT molecular complexity index is 1070. The minimum atomic E-state index is -0.00971. The van der Waals surface area contributed by atoms with Gasteiger partial charge in [-0.05, 0) is 66.9 Å². The van der Waals surface area contributed by atoms with Gasteiger partial charge in [0.1, 0.15) is 17.2 Å². The first-order valence-corrected chi connectivity index (χ1v) is 11.6. The standard InChI is InChI=1S/C28H32N2O4/c1-32-25-11-7-21(8-12-25)20-29-17-15-23(16-18-29)30(24-5-4-6-27(19-24)34-3)28(31)22-9-13-26(33-2)14-10-22/h4-14,19,23H,15-18,20H2,1-3H3. The first kappa shape index (κ1) is 23.6. The average Bonchev–Trinajstić information content (AvgIpc) is 2.90. The molecule has 0 radical (unpaired) electrons. The van der Waals surface area contributed by atoms with Crippen LogP contribution in [0, 0.1) is 0 Å². The lowest BCUT2D eigenvalue weighted by atomic mass is 10.00. The van der Waals surface area contributed by atoms with E-state index in [1.165, 1.54) is 5.56 Å². The summed E-state index contributed by atoms with van der Waals surface area (Å²) in [5, 5.41) is 0. The van der Waals surface area contributed by atoms with Crippen molar-refractivity contribution in [3.8, 4) is 17.2 Å². The lowest BCUT2D eigenvalue weighted by molar-refractivity contribution is 0.0958. The zero-order chi connectivity index (χ0) is 23.9. The van der Waals surface area contributed by atoms with Gasteiger partial charge in [-0.2, -0.15) is 0 Å². The number of benzene rings is 3. The molecule has 6 heteroatoms. The van der Waals surface area contributed by atoms with Crippen LogP contribution in [0.25, 0.3) is 0 Å². The molecule has 0 unspecified atom stereocenters. The Kier molecular flexibility index (Phi) is 7.70. The topological polar surface area (TPSA) is 51.2 Å². The molecule has 1 aliphatic heterocycles. The third kappa shape index (κ3) is 5.51. The molecule has 0 saturated carbocycles. The normalized spacial score (nSPS) is 14.4. The monoisotopic (exact) mass is 460 g/mol. The van der Waals surface area contributed by atoms with Gasteiger partial charge in [0.25, 0.3) is 5.91 Å². The molecular formula is C28H32N2O4. The van der Waals surface area contributed by atoms with Crippen molar-refractivity contribution in [3.05, 3.63) is 83.9 Å². The molecule has 3 aromatic carbocycles. The molecule has 178 valence electrons. The summed E-state index contributed by atoms with van der Waals surface area (Å²) in [6, 6.07) is 23.4. The van der Waals surface area contributed by atoms with Crippen molar-refractivity contribution in [2.24, 2.45) is 0 Å². The lowest BCUT2D eigenvalue weighted by Crippen LogP contribution is -2.47. The number of anilines is 1. The molecule has 1 aliphatic rings. The molecule has 6 nitrogen and oxygen atoms in total. The van der Waals surface area contributed by atoms with E-state index in [-0.39, 0.29) is 11.9 Å². The van der Waals surface area contributed by atoms with Gasteiger partial charge in [-0.1, -0.05) is 18.2 Å². The number of carbonyl (C=O) groups excluding carboxylic acids is 1. The maximum absolute atomic E-state index is 13.7. The van der Waals surface area contributed by atoms with Gasteiger partial charge >= 0.3 is 0 Å². The molecule has 0 bridgehead atoms. The largest absolute Gasteiger partial charge is 0.497 e. The summed E-state index contributed by atoms with van der Waals surface area (Å²) in [5.41, 5.74) is 2.76. The predicted molar refractivity (Wildman–Crippen MR) is 134 cm³/mol. The van der Waals surface area contributed by atoms with Crippen LogP contribution in [-0.4, -0.2) is 51.3 Å². The van der Waals surface area contributed by atoms with Crippen molar-refractivity contribution < 1.29 is 19.0 Å². The van der Waals surface area contributed by atoms with E-state index >= 15 is 0 Å². The molecule has 0 aliphatic carbocycles. The minimum Gasteiger partial charge on any atom is -0.497 e. The Morgan fingerprint density at radius 3 is 2.00 bits per heavy atom. The van der Waals surface area contributed by atoms with E-state index < -0.39 is 0 Å². The first-order chi connectivity index (χ1) is 16.6. The molecule has 0 atom stereocenters. The summed E-state index contributed by atoms with van der Waals surface area (Å²) in [6.45, 7) is 2.74. The van der Waals surface area contributed by atoms with E-state index in [9.17, 15) is 4.79 Å². The Hall–Kier alpha value is -3.51. The van der Waals surface area contributed by atoms with Gasteiger partial charge in [-0.15, -0.1) is 0 Å². The maximum atomic E-state index is 13.7. The predicted octanol–water partition coefficient (Wildman–Crippen LogP) is 5.02. The highest BCUT2D eigenvalue weighted by atomic mass is 16.5. The van der Waals surface area contributed by atoms with Crippen molar-refractivity contribution in [2.45, 2.75) is 25.4 Å². The van der Waals surface area contributed by atoms with Gasteiger partial charge in [-0.25, -0.2) is 0 Å². The first-order valence-electron chi connectivity index (χ1n) is 11.6. The Labute approximate surface area is 201 Å². The molecule has 1 amide bonds. The number of piperidine rings is 1. The summed E-state index contributed by atoms with van der Waals surface area (Å²) in [7, 11) is 4.95. The van der Waals surface area contributed by atoms with Gasteiger partial charge in [0.15, 0.2) is 0 Å². The van der Waals surface area contributed by atoms with Gasteiger partial charge in [0.05, 0.1) is 21.3 Å². The summed E-state index contributed by atoms with van der Waals surface area (Å²) in [5.74, 6) is 2.33. The summed E-state index contributed by atoms with van der Waals surface area (Å²) >= 11 is 0. The van der Waals surface area contributed by atoms with Crippen LogP contribution in [0.15, 0.2) is 72.8 Å². The van der Waals surface area contributed by atoms with Gasteiger partial charge in [0, 0.05) is 43.0 Å². The molecule has 34 heavy (non-hydrogen) atoms. The molecule has 1 fully saturated rings. The van der Waals surface area contributed by atoms with Crippen molar-refractivity contribution in [3.63, 3.8) is 0 Å². The van der Waals surface area contributed by atoms with Crippen LogP contribution in [0.3, 0.4) is 0 Å². The minimum absolute atomic E-state index is 0.00971. The van der Waals surface area contributed by atoms with Crippen LogP contribution >= 0.6 is 0 Å². The highest BCUT2D eigenvalue weighted by molar-refractivity contribution is 6.06. The molecule has 1 saturated heterocycles. The summed E-state index contributed by atoms with van der Waals surface area (Å²) < 4.78 is 16.0. The maximum Gasteiger partial charge on any atom is 0.258 e. The quantitative estimate of drug-likeness (QED) is 0.472. The number of hydrogen-bond donors (Lipinski definition) is 0. The number of ether oxygens (including phenoxy) is 3. The number of likely N-dealkylation sites (tertiary alicyclic amines) is 1. The number of methoxy groups -OCH3 is 3. The van der Waals surface area contributed by atoms with Gasteiger partial charge < -0.3 is 19.1 Å². The fraction of sp³-hybridized carbons (Fsp3) is 0.321. The lowest BCUT2D eigenvalue weighted by Gasteiger charge is -2.38. The molecule has 0 spiro atoms. The number of carbonyl (C=O) groups is 1. The average molecular weight is 461 g/mol. The van der Waals surface area contributed by atoms with E-state index in [4.69, 9.17) is 14.2 Å². The van der Waals surface area contributed by atoms with E-state index in [1.807, 2.05) is 65.6 Å². The Morgan fingerprint density at radius 1 is 0.824 bits per heavy atom. The summed E-state index contributed by atoms with van der Waals surface area (Å²) in [6.07, 6.45) is 1.80. The fourth-order valence-corrected chi connectivity index (χ4v) is 4.45. The molecule has 3 aromatic rings. The van der Waals surface area contributed by atoms with Crippen molar-refractivity contribution in [1.29, 1.82) is 0 Å². The highest BCUT2D eigenvalue weighted by Gasteiger charge is 2.30. The van der Waals surface area contributed by atoms with Crippen LogP contribution in [0.4, 0.5) is 5.69 Å². The van der Waals surface area contributed by atoms with Crippen LogP contribution in [0.1, 0.15) is 28.8 Å². The molecule has 0 aromatic heterocycles. The summed E-state index contributed by atoms with van der Waals surface area (Å²) in [4.78, 5) is 18.1. The molecular weight excluding hydrogens is 428 g/mol. The third-order valence-electron chi connectivity index (χ3n) is 6.37. The second-order valence-corrected chi connectivity index (χ2v) is 8.46. The highest BCUT2D eigenvalue weighted by Crippen LogP contribution is 2.29. The van der Waals surface area contributed by atoms with Crippen LogP contribution in [-0.2, 0) is 6.54 Å². The third-order valence-corrected chi connectivity index (χ3v) is 6.37. The number of nitrogens with zero attached hydrogens (tertiary/aromatic N) is 2. The van der Waals surface area contributed by atoms with E-state index in [2.05, 4.69) is 17.0 Å². The van der Waals surface area contributed by atoms with Crippen molar-refractivity contribution >= 4 is 11.6 Å². The smallest absolute Gasteiger partial charge is 0.258 e. The van der Waals surface area contributed by atoms with Crippen molar-refractivity contribution in [1.82, 2.24) is 4.90 Å². The van der Waals surface area contributed by atoms with Crippen LogP contribution in [0.2, 0.25) is 0 Å². The molecule has 0 N–H and O–H groups in total. The molecule has 4 rings (SSSR count). The van der Waals surface area contributed by atoms with E-state index in [0.717, 1.165) is 55.4 Å². The Morgan fingerprint density at radius 2 is 1.41 bits per heavy atom. The van der Waals surface area contributed by atoms with Crippen molar-refractivity contribution in [2.75, 3.05) is 39.3 Å². The van der Waals surface area contributed by atoms with Gasteiger partial charge in [-0.3, -0.25) is 9.69 Å². The van der Waals surface area contributed by atoms with Crippen LogP contribution in [0.5, 0.6) is 17.2 Å². The van der Waals surface area contributed by atoms with E-state index in [1.54, 1.807) is 21.3 Å². The second kappa shape index (κ2) is 11.1. The number of amides is 1. The second-order valence-electron chi connectivity index (χ2n) is 8.46. The SMILES string of the molecule is COc1ccc(CN2CCC(N(C(=O)c3ccc(OC)cc3)c3cccc(OC)c3)CC2)cc1. The fourth-order valence-electron chi connectivity index (χ4n) is 4.45. The van der Waals surface area contributed by atoms with E-state index in [0.29, 0.717) is 5.56 Å². The van der Waals surface area contributed by atoms with Crippen LogP contribution < -0.4 is 19.1 Å². The Balaban J connectivity index is 1.51. The van der Waals surface area contributed by atoms with Gasteiger partial charge in [0.2, 0.25) is 0 Å². The molecule has 1 heterocycles. The number of rotatable bonds is 8. The zero-order valence-corrected chi connectivity index (χ0v) is 20.1. The number of hydrogen-bond acceptors (Lipinski definition) is 5. The zero-order valence-electron chi connectivity index (χ0n) is 20.1.